The minimum absolute atomic E-state index is 0.249. The second-order valence-corrected chi connectivity index (χ2v) is 8.53. The third-order valence-corrected chi connectivity index (χ3v) is 5.55. The summed E-state index contributed by atoms with van der Waals surface area (Å²) >= 11 is 0. The highest BCUT2D eigenvalue weighted by atomic mass is 32.2. The molecule has 0 saturated carbocycles. The largest absolute Gasteiger partial charge is 0.550 e. The molecule has 124 valence electrons. The molecule has 0 unspecified atom stereocenters. The molecule has 0 aromatic rings. The molecule has 7 heteroatoms. The molecule has 0 N–H and O–H groups in total. The zero-order valence-corrected chi connectivity index (χ0v) is 14.2. The van der Waals surface area contributed by atoms with Crippen molar-refractivity contribution in [3.05, 3.63) is 0 Å². The van der Waals surface area contributed by atoms with Crippen LogP contribution in [-0.4, -0.2) is 49.2 Å². The van der Waals surface area contributed by atoms with Gasteiger partial charge in [0.2, 0.25) is 0 Å². The fourth-order valence-corrected chi connectivity index (χ4v) is 4.53. The van der Waals surface area contributed by atoms with Gasteiger partial charge in [-0.3, -0.25) is 0 Å². The monoisotopic (exact) mass is 319 g/mol. The number of rotatable bonds is 7. The molecule has 1 heterocycles. The van der Waals surface area contributed by atoms with Crippen molar-refractivity contribution >= 4 is 16.2 Å². The smallest absolute Gasteiger partial charge is 0.281 e. The molecule has 6 nitrogen and oxygen atoms in total. The fourth-order valence-electron chi connectivity index (χ4n) is 2.56. The van der Waals surface area contributed by atoms with Crippen LogP contribution in [0.4, 0.5) is 0 Å². The predicted octanol–water partition coefficient (Wildman–Crippen LogP) is 0.307. The Morgan fingerprint density at radius 1 is 1.14 bits per heavy atom. The lowest BCUT2D eigenvalue weighted by atomic mass is 9.99. The maximum Gasteiger partial charge on any atom is 0.281 e. The van der Waals surface area contributed by atoms with Gasteiger partial charge in [0, 0.05) is 38.1 Å². The van der Waals surface area contributed by atoms with Gasteiger partial charge in [-0.05, 0) is 24.7 Å². The maximum absolute atomic E-state index is 12.7. The summed E-state index contributed by atoms with van der Waals surface area (Å²) in [6.07, 6.45) is 0.664. The Kier molecular flexibility index (Phi) is 6.62. The number of aliphatic carboxylic acids is 1. The zero-order valence-electron chi connectivity index (χ0n) is 13.4. The number of nitrogens with zero attached hydrogens (tertiary/aromatic N) is 2. The third kappa shape index (κ3) is 5.23. The van der Waals surface area contributed by atoms with Crippen LogP contribution >= 0.6 is 0 Å². The number of hydrogen-bond acceptors (Lipinski definition) is 4. The number of carbonyl (C=O) groups excluding carboxylic acids is 1. The molecular weight excluding hydrogens is 292 g/mol. The molecular formula is C14H27N2O4S-. The van der Waals surface area contributed by atoms with Crippen LogP contribution in [0.2, 0.25) is 0 Å². The first kappa shape index (κ1) is 18.4. The number of carboxylic acids is 1. The second-order valence-electron chi connectivity index (χ2n) is 6.60. The molecule has 0 aromatic heterocycles. The van der Waals surface area contributed by atoms with Crippen molar-refractivity contribution in [2.24, 2.45) is 17.8 Å². The van der Waals surface area contributed by atoms with Crippen LogP contribution in [0.5, 0.6) is 0 Å². The molecule has 0 aromatic carbocycles. The molecule has 0 atom stereocenters. The average molecular weight is 319 g/mol. The summed E-state index contributed by atoms with van der Waals surface area (Å²) in [6.45, 7) is 9.45. The van der Waals surface area contributed by atoms with Crippen molar-refractivity contribution in [1.29, 1.82) is 0 Å². The number of carboxylic acid groups (broad SMARTS) is 1. The van der Waals surface area contributed by atoms with Crippen molar-refractivity contribution in [1.82, 2.24) is 8.61 Å². The molecule has 0 amide bonds. The normalized spacial score (nSPS) is 18.8. The molecule has 1 saturated heterocycles. The SMILES string of the molecule is CC(C)CN(CC(C)C)S(=O)(=O)N1CCC(C(=O)[O-])CC1. The number of carbonyl (C=O) groups is 1. The van der Waals surface area contributed by atoms with Crippen LogP contribution in [0.25, 0.3) is 0 Å². The summed E-state index contributed by atoms with van der Waals surface area (Å²) in [5.74, 6) is -1.10. The van der Waals surface area contributed by atoms with E-state index in [0.717, 1.165) is 0 Å². The van der Waals surface area contributed by atoms with Gasteiger partial charge in [-0.2, -0.15) is 17.0 Å². The summed E-state index contributed by atoms with van der Waals surface area (Å²) in [6, 6.07) is 0. The van der Waals surface area contributed by atoms with Gasteiger partial charge < -0.3 is 9.90 Å². The van der Waals surface area contributed by atoms with Gasteiger partial charge in [0.1, 0.15) is 0 Å². The van der Waals surface area contributed by atoms with E-state index in [0.29, 0.717) is 25.9 Å². The molecule has 21 heavy (non-hydrogen) atoms. The van der Waals surface area contributed by atoms with E-state index < -0.39 is 22.1 Å². The van der Waals surface area contributed by atoms with Gasteiger partial charge in [-0.15, -0.1) is 0 Å². The van der Waals surface area contributed by atoms with Crippen LogP contribution in [-0.2, 0) is 15.0 Å². The highest BCUT2D eigenvalue weighted by Gasteiger charge is 2.33. The first-order chi connectivity index (χ1) is 9.64. The summed E-state index contributed by atoms with van der Waals surface area (Å²) in [4.78, 5) is 10.8. The molecule has 0 spiro atoms. The van der Waals surface area contributed by atoms with E-state index in [1.807, 2.05) is 27.7 Å². The Hall–Kier alpha value is -0.660. The van der Waals surface area contributed by atoms with E-state index in [-0.39, 0.29) is 24.9 Å². The van der Waals surface area contributed by atoms with E-state index >= 15 is 0 Å². The number of hydrogen-bond donors (Lipinski definition) is 0. The van der Waals surface area contributed by atoms with Crippen LogP contribution in [0.3, 0.4) is 0 Å². The van der Waals surface area contributed by atoms with Crippen molar-refractivity contribution in [2.75, 3.05) is 26.2 Å². The first-order valence-electron chi connectivity index (χ1n) is 7.60. The van der Waals surface area contributed by atoms with Crippen LogP contribution < -0.4 is 5.11 Å². The summed E-state index contributed by atoms with van der Waals surface area (Å²) in [5, 5.41) is 10.8. The Labute approximate surface area is 128 Å². The Balaban J connectivity index is 2.79. The van der Waals surface area contributed by atoms with E-state index in [1.165, 1.54) is 8.61 Å². The van der Waals surface area contributed by atoms with Crippen LogP contribution in [0.1, 0.15) is 40.5 Å². The minimum Gasteiger partial charge on any atom is -0.550 e. The molecule has 1 aliphatic heterocycles. The van der Waals surface area contributed by atoms with Crippen molar-refractivity contribution in [3.8, 4) is 0 Å². The van der Waals surface area contributed by atoms with Crippen molar-refractivity contribution in [3.63, 3.8) is 0 Å². The van der Waals surface area contributed by atoms with Crippen LogP contribution in [0, 0.1) is 17.8 Å². The van der Waals surface area contributed by atoms with Crippen molar-refractivity contribution in [2.45, 2.75) is 40.5 Å². The fraction of sp³-hybridized carbons (Fsp3) is 0.929. The Morgan fingerprint density at radius 3 is 1.90 bits per heavy atom. The molecule has 0 radical (unpaired) electrons. The highest BCUT2D eigenvalue weighted by Crippen LogP contribution is 2.22. The van der Waals surface area contributed by atoms with Gasteiger partial charge >= 0.3 is 0 Å². The van der Waals surface area contributed by atoms with Gasteiger partial charge in [-0.1, -0.05) is 27.7 Å². The summed E-state index contributed by atoms with van der Waals surface area (Å²) in [5.41, 5.74) is 0. The van der Waals surface area contributed by atoms with Gasteiger partial charge in [0.25, 0.3) is 10.2 Å². The van der Waals surface area contributed by atoms with E-state index in [2.05, 4.69) is 0 Å². The molecule has 1 fully saturated rings. The van der Waals surface area contributed by atoms with E-state index in [4.69, 9.17) is 0 Å². The maximum atomic E-state index is 12.7. The van der Waals surface area contributed by atoms with E-state index in [1.54, 1.807) is 0 Å². The predicted molar refractivity (Wildman–Crippen MR) is 79.5 cm³/mol. The number of piperidine rings is 1. The highest BCUT2D eigenvalue weighted by molar-refractivity contribution is 7.86. The lowest BCUT2D eigenvalue weighted by Gasteiger charge is -2.36. The van der Waals surface area contributed by atoms with Gasteiger partial charge in [-0.25, -0.2) is 0 Å². The lowest BCUT2D eigenvalue weighted by molar-refractivity contribution is -0.312. The zero-order chi connectivity index (χ0) is 16.2. The molecule has 0 bridgehead atoms. The molecule has 0 aliphatic carbocycles. The lowest BCUT2D eigenvalue weighted by Crippen LogP contribution is -2.50. The van der Waals surface area contributed by atoms with Gasteiger partial charge in [0.15, 0.2) is 0 Å². The quantitative estimate of drug-likeness (QED) is 0.676. The van der Waals surface area contributed by atoms with Crippen LogP contribution in [0.15, 0.2) is 0 Å². The second kappa shape index (κ2) is 7.56. The summed E-state index contributed by atoms with van der Waals surface area (Å²) in [7, 11) is -3.51. The van der Waals surface area contributed by atoms with E-state index in [9.17, 15) is 18.3 Å². The van der Waals surface area contributed by atoms with Gasteiger partial charge in [0.05, 0.1) is 0 Å². The first-order valence-corrected chi connectivity index (χ1v) is 9.00. The average Bonchev–Trinajstić information content (AvgIpc) is 2.37. The molecule has 1 aliphatic rings. The Morgan fingerprint density at radius 2 is 1.57 bits per heavy atom. The minimum atomic E-state index is -3.51. The Bertz CT molecular complexity index is 430. The topological polar surface area (TPSA) is 80.8 Å². The third-order valence-electron chi connectivity index (χ3n) is 3.58. The summed E-state index contributed by atoms with van der Waals surface area (Å²) < 4.78 is 28.4. The van der Waals surface area contributed by atoms with Crippen molar-refractivity contribution < 1.29 is 18.3 Å². The standard InChI is InChI=1S/C14H28N2O4S/c1-11(2)9-16(10-12(3)4)21(19,20)15-7-5-13(6-8-15)14(17)18/h11-13H,5-10H2,1-4H3,(H,17,18)/p-1. The molecule has 1 rings (SSSR count).